The summed E-state index contributed by atoms with van der Waals surface area (Å²) in [6.07, 6.45) is 0. The molecule has 1 atom stereocenters. The van der Waals surface area contributed by atoms with E-state index in [0.717, 1.165) is 7.11 Å². The Balaban J connectivity index is 2.36. The lowest BCUT2D eigenvalue weighted by Crippen LogP contribution is -2.40. The molecule has 1 amide bonds. The summed E-state index contributed by atoms with van der Waals surface area (Å²) in [6, 6.07) is 15.1. The molecule has 2 aromatic rings. The summed E-state index contributed by atoms with van der Waals surface area (Å²) in [5.41, 5.74) is 7.13. The van der Waals surface area contributed by atoms with Gasteiger partial charge >= 0.3 is 11.9 Å². The van der Waals surface area contributed by atoms with E-state index in [2.05, 4.69) is 6.07 Å². The van der Waals surface area contributed by atoms with E-state index >= 15 is 0 Å². The zero-order valence-corrected chi connectivity index (χ0v) is 20.3. The summed E-state index contributed by atoms with van der Waals surface area (Å²) in [5, 5.41) is 10.1. The first-order chi connectivity index (χ1) is 16.7. The molecule has 0 saturated heterocycles. The van der Waals surface area contributed by atoms with Crippen LogP contribution in [0.1, 0.15) is 21.8 Å². The molecule has 0 radical (unpaired) electrons. The summed E-state index contributed by atoms with van der Waals surface area (Å²) in [4.78, 5) is 41.1. The summed E-state index contributed by atoms with van der Waals surface area (Å²) < 4.78 is 9.99. The Morgan fingerprint density at radius 1 is 1.06 bits per heavy atom. The minimum atomic E-state index is -0.982. The van der Waals surface area contributed by atoms with Crippen molar-refractivity contribution in [3.05, 3.63) is 87.3 Å². The highest BCUT2D eigenvalue weighted by molar-refractivity contribution is 6.34. The van der Waals surface area contributed by atoms with E-state index in [1.807, 2.05) is 0 Å². The Labute approximate surface area is 207 Å². The minimum Gasteiger partial charge on any atom is -0.466 e. The quantitative estimate of drug-likeness (QED) is 0.629. The topological polar surface area (TPSA) is 126 Å². The Kier molecular flexibility index (Phi) is 7.47. The highest BCUT2D eigenvalue weighted by Crippen LogP contribution is 2.43. The van der Waals surface area contributed by atoms with E-state index in [9.17, 15) is 19.6 Å². The molecule has 0 saturated carbocycles. The summed E-state index contributed by atoms with van der Waals surface area (Å²) >= 11 is 6.40. The van der Waals surface area contributed by atoms with Crippen molar-refractivity contribution in [1.82, 2.24) is 4.90 Å². The highest BCUT2D eigenvalue weighted by Gasteiger charge is 2.43. The summed E-state index contributed by atoms with van der Waals surface area (Å²) in [6.45, 7) is 0. The molecule has 2 N–H and O–H groups in total. The fraction of sp³-hybridized carbons (Fsp3) is 0.200. The molecule has 1 heterocycles. The monoisotopic (exact) mass is 494 g/mol. The number of esters is 2. The minimum absolute atomic E-state index is 0.0221. The Morgan fingerprint density at radius 3 is 2.20 bits per heavy atom. The number of rotatable bonds is 5. The number of hydrogen-bond acceptors (Lipinski definition) is 8. The standard InChI is InChI=1S/C25H23ClN4O5/c1-29(2)23(31)16-11-10-15(12-18(16)26)30-21(25(33)35-4)20(24(32)34-3)19(17(13-27)22(30)28)14-8-6-5-7-9-14/h5-12,19H,28H2,1-4H3. The van der Waals surface area contributed by atoms with Gasteiger partial charge in [-0.2, -0.15) is 5.26 Å². The lowest BCUT2D eigenvalue weighted by molar-refractivity contribution is -0.139. The fourth-order valence-electron chi connectivity index (χ4n) is 3.84. The van der Waals surface area contributed by atoms with Gasteiger partial charge in [0.2, 0.25) is 0 Å². The largest absolute Gasteiger partial charge is 0.466 e. The normalized spacial score (nSPS) is 15.4. The number of amides is 1. The van der Waals surface area contributed by atoms with E-state index in [0.29, 0.717) is 5.56 Å². The molecule has 1 aliphatic rings. The maximum Gasteiger partial charge on any atom is 0.355 e. The highest BCUT2D eigenvalue weighted by atomic mass is 35.5. The second-order valence-corrected chi connectivity index (χ2v) is 8.11. The zero-order valence-electron chi connectivity index (χ0n) is 19.5. The number of halogens is 1. The van der Waals surface area contributed by atoms with Crippen LogP contribution in [0, 0.1) is 11.3 Å². The molecule has 3 rings (SSSR count). The van der Waals surface area contributed by atoms with Crippen molar-refractivity contribution in [3.63, 3.8) is 0 Å². The molecule has 0 spiro atoms. The SMILES string of the molecule is COC(=O)C1=C(C(=O)OC)N(c2ccc(C(=O)N(C)C)c(Cl)c2)C(N)=C(C#N)C1c1ccccc1. The smallest absolute Gasteiger partial charge is 0.355 e. The van der Waals surface area contributed by atoms with Gasteiger partial charge in [-0.15, -0.1) is 0 Å². The van der Waals surface area contributed by atoms with Gasteiger partial charge in [0.25, 0.3) is 5.91 Å². The Morgan fingerprint density at radius 2 is 1.69 bits per heavy atom. The Hall–Kier alpha value is -4.29. The van der Waals surface area contributed by atoms with Crippen LogP contribution in [0.3, 0.4) is 0 Å². The number of ether oxygens (including phenoxy) is 2. The number of methoxy groups -OCH3 is 2. The van der Waals surface area contributed by atoms with Crippen LogP contribution in [-0.2, 0) is 19.1 Å². The van der Waals surface area contributed by atoms with Crippen LogP contribution in [0.5, 0.6) is 0 Å². The van der Waals surface area contributed by atoms with Crippen LogP contribution in [0.15, 0.2) is 71.2 Å². The van der Waals surface area contributed by atoms with E-state index in [4.69, 9.17) is 26.8 Å². The molecule has 9 nitrogen and oxygen atoms in total. The van der Waals surface area contributed by atoms with Gasteiger partial charge in [0, 0.05) is 19.8 Å². The van der Waals surface area contributed by atoms with Gasteiger partial charge in [-0.05, 0) is 23.8 Å². The molecular formula is C25H23ClN4O5. The first kappa shape index (κ1) is 25.3. The predicted molar refractivity (Wildman–Crippen MR) is 129 cm³/mol. The maximum atomic E-state index is 13.1. The molecule has 0 aromatic heterocycles. The van der Waals surface area contributed by atoms with Crippen molar-refractivity contribution in [1.29, 1.82) is 5.26 Å². The van der Waals surface area contributed by atoms with Crippen LogP contribution in [0.25, 0.3) is 0 Å². The van der Waals surface area contributed by atoms with Crippen molar-refractivity contribution >= 4 is 35.1 Å². The molecule has 0 aliphatic carbocycles. The number of hydrogen-bond donors (Lipinski definition) is 1. The number of benzene rings is 2. The number of anilines is 1. The average Bonchev–Trinajstić information content (AvgIpc) is 2.86. The van der Waals surface area contributed by atoms with Crippen molar-refractivity contribution in [2.24, 2.45) is 5.73 Å². The lowest BCUT2D eigenvalue weighted by atomic mass is 9.81. The number of nitrogens with zero attached hydrogens (tertiary/aromatic N) is 3. The van der Waals surface area contributed by atoms with Crippen molar-refractivity contribution < 1.29 is 23.9 Å². The second-order valence-electron chi connectivity index (χ2n) is 7.70. The van der Waals surface area contributed by atoms with Crippen molar-refractivity contribution in [3.8, 4) is 6.07 Å². The average molecular weight is 495 g/mol. The van der Waals surface area contributed by atoms with Gasteiger partial charge in [0.1, 0.15) is 11.5 Å². The number of allylic oxidation sites excluding steroid dienone is 1. The first-order valence-electron chi connectivity index (χ1n) is 10.3. The van der Waals surface area contributed by atoms with E-state index < -0.39 is 17.9 Å². The number of nitrogens with two attached hydrogens (primary N) is 1. The molecular weight excluding hydrogens is 472 g/mol. The number of carbonyl (C=O) groups excluding carboxylic acids is 3. The zero-order chi connectivity index (χ0) is 25.9. The van der Waals surface area contributed by atoms with Crippen LogP contribution in [0.2, 0.25) is 5.02 Å². The molecule has 1 unspecified atom stereocenters. The molecule has 1 aliphatic heterocycles. The molecule has 180 valence electrons. The molecule has 35 heavy (non-hydrogen) atoms. The van der Waals surface area contributed by atoms with Gasteiger partial charge in [0.05, 0.1) is 47.9 Å². The van der Waals surface area contributed by atoms with Crippen LogP contribution in [-0.4, -0.2) is 51.1 Å². The first-order valence-corrected chi connectivity index (χ1v) is 10.7. The van der Waals surface area contributed by atoms with Crippen LogP contribution >= 0.6 is 11.6 Å². The van der Waals surface area contributed by atoms with E-state index in [1.165, 1.54) is 35.1 Å². The van der Waals surface area contributed by atoms with Crippen LogP contribution in [0.4, 0.5) is 5.69 Å². The second kappa shape index (κ2) is 10.3. The van der Waals surface area contributed by atoms with Gasteiger partial charge in [0.15, 0.2) is 0 Å². The van der Waals surface area contributed by atoms with Gasteiger partial charge < -0.3 is 20.1 Å². The molecule has 0 fully saturated rings. The van der Waals surface area contributed by atoms with Gasteiger partial charge in [-0.1, -0.05) is 41.9 Å². The number of carbonyl (C=O) groups is 3. The molecule has 2 aromatic carbocycles. The van der Waals surface area contributed by atoms with Crippen molar-refractivity contribution in [2.45, 2.75) is 5.92 Å². The van der Waals surface area contributed by atoms with E-state index in [1.54, 1.807) is 44.4 Å². The molecule has 10 heteroatoms. The third kappa shape index (κ3) is 4.56. The van der Waals surface area contributed by atoms with Gasteiger partial charge in [-0.3, -0.25) is 9.69 Å². The molecule has 0 bridgehead atoms. The third-order valence-electron chi connectivity index (χ3n) is 5.46. The summed E-state index contributed by atoms with van der Waals surface area (Å²) in [7, 11) is 5.50. The number of nitriles is 1. The fourth-order valence-corrected chi connectivity index (χ4v) is 4.09. The van der Waals surface area contributed by atoms with Crippen molar-refractivity contribution in [2.75, 3.05) is 33.2 Å². The lowest BCUT2D eigenvalue weighted by Gasteiger charge is -2.36. The predicted octanol–water partition coefficient (Wildman–Crippen LogP) is 2.94. The Bertz CT molecular complexity index is 1290. The van der Waals surface area contributed by atoms with E-state index in [-0.39, 0.29) is 44.8 Å². The van der Waals surface area contributed by atoms with Gasteiger partial charge in [-0.25, -0.2) is 9.59 Å². The third-order valence-corrected chi connectivity index (χ3v) is 5.77. The maximum absolute atomic E-state index is 13.1. The summed E-state index contributed by atoms with van der Waals surface area (Å²) in [5.74, 6) is -3.13. The van der Waals surface area contributed by atoms with Crippen LogP contribution < -0.4 is 10.6 Å².